The molecule has 1 fully saturated rings. The minimum absolute atomic E-state index is 0.252. The molecule has 4 nitrogen and oxygen atoms in total. The van der Waals surface area contributed by atoms with Crippen LogP contribution in [0.5, 0.6) is 0 Å². The van der Waals surface area contributed by atoms with Crippen molar-refractivity contribution in [1.29, 1.82) is 0 Å². The summed E-state index contributed by atoms with van der Waals surface area (Å²) in [4.78, 5) is 5.00. The largest absolute Gasteiger partial charge is 0.394 e. The van der Waals surface area contributed by atoms with E-state index in [2.05, 4.69) is 5.16 Å². The smallest absolute Gasteiger partial charge is 0.160 e. The first-order valence-electron chi connectivity index (χ1n) is 4.32. The van der Waals surface area contributed by atoms with Gasteiger partial charge in [0.1, 0.15) is 6.10 Å². The van der Waals surface area contributed by atoms with Crippen molar-refractivity contribution in [2.24, 2.45) is 11.1 Å². The van der Waals surface area contributed by atoms with Crippen molar-refractivity contribution in [3.63, 3.8) is 0 Å². The van der Waals surface area contributed by atoms with Gasteiger partial charge in [0.25, 0.3) is 0 Å². The Labute approximate surface area is 70.8 Å². The molecule has 0 aromatic carbocycles. The van der Waals surface area contributed by atoms with Crippen molar-refractivity contribution >= 4 is 5.71 Å². The highest BCUT2D eigenvalue weighted by atomic mass is 16.7. The van der Waals surface area contributed by atoms with Crippen LogP contribution in [0.1, 0.15) is 19.3 Å². The number of hydrogen-bond donors (Lipinski definition) is 2. The number of aliphatic hydroxyl groups is 2. The van der Waals surface area contributed by atoms with Gasteiger partial charge in [-0.15, -0.1) is 0 Å². The maximum absolute atomic E-state index is 9.23. The van der Waals surface area contributed by atoms with Crippen molar-refractivity contribution in [1.82, 2.24) is 0 Å². The molecule has 2 atom stereocenters. The van der Waals surface area contributed by atoms with Crippen LogP contribution in [0, 0.1) is 5.92 Å². The first kappa shape index (κ1) is 8.01. The molecule has 2 aliphatic rings. The number of hydrogen-bond acceptors (Lipinski definition) is 4. The number of rotatable bonds is 3. The first-order valence-corrected chi connectivity index (χ1v) is 4.32. The van der Waals surface area contributed by atoms with E-state index >= 15 is 0 Å². The molecule has 0 aromatic heterocycles. The summed E-state index contributed by atoms with van der Waals surface area (Å²) in [5.41, 5.74) is 1.06. The maximum Gasteiger partial charge on any atom is 0.160 e. The van der Waals surface area contributed by atoms with Crippen LogP contribution < -0.4 is 0 Å². The summed E-state index contributed by atoms with van der Waals surface area (Å²) in [7, 11) is 0. The highest BCUT2D eigenvalue weighted by Gasteiger charge is 2.36. The predicted octanol–water partition coefficient (Wildman–Crippen LogP) is -0.106. The van der Waals surface area contributed by atoms with Gasteiger partial charge in [0.05, 0.1) is 12.3 Å². The van der Waals surface area contributed by atoms with Gasteiger partial charge in [-0.25, -0.2) is 0 Å². The average molecular weight is 171 g/mol. The van der Waals surface area contributed by atoms with E-state index in [9.17, 15) is 5.11 Å². The molecule has 0 saturated heterocycles. The molecule has 12 heavy (non-hydrogen) atoms. The van der Waals surface area contributed by atoms with E-state index in [4.69, 9.17) is 9.94 Å². The van der Waals surface area contributed by atoms with Gasteiger partial charge in [-0.3, -0.25) is 0 Å². The third-order valence-electron chi connectivity index (χ3n) is 2.38. The summed E-state index contributed by atoms with van der Waals surface area (Å²) in [6.45, 7) is -0.252. The minimum atomic E-state index is -0.787. The zero-order valence-corrected chi connectivity index (χ0v) is 6.81. The molecule has 68 valence electrons. The normalized spacial score (nSPS) is 31.2. The highest BCUT2D eigenvalue weighted by Crippen LogP contribution is 2.35. The molecule has 2 rings (SSSR count). The molecule has 1 saturated carbocycles. The second kappa shape index (κ2) is 3.03. The fraction of sp³-hybridized carbons (Fsp3) is 0.875. The van der Waals surface area contributed by atoms with Gasteiger partial charge < -0.3 is 15.1 Å². The molecule has 0 radical (unpaired) electrons. The van der Waals surface area contributed by atoms with E-state index < -0.39 is 6.10 Å². The Morgan fingerprint density at radius 2 is 2.33 bits per heavy atom. The molecule has 4 heteroatoms. The molecule has 2 N–H and O–H groups in total. The van der Waals surface area contributed by atoms with Crippen molar-refractivity contribution in [3.05, 3.63) is 0 Å². The van der Waals surface area contributed by atoms with Gasteiger partial charge in [0.15, 0.2) is 6.10 Å². The SMILES string of the molecule is OCC(O)C1CC(C2CC2)=NO1. The average Bonchev–Trinajstić information content (AvgIpc) is 2.83. The van der Waals surface area contributed by atoms with Crippen LogP contribution in [0.4, 0.5) is 0 Å². The second-order valence-corrected chi connectivity index (χ2v) is 3.45. The maximum atomic E-state index is 9.23. The number of oxime groups is 1. The lowest BCUT2D eigenvalue weighted by atomic mass is 10.1. The lowest BCUT2D eigenvalue weighted by Crippen LogP contribution is -2.29. The highest BCUT2D eigenvalue weighted by molar-refractivity contribution is 5.89. The molecule has 0 spiro atoms. The quantitative estimate of drug-likeness (QED) is 0.623. The van der Waals surface area contributed by atoms with Crippen LogP contribution in [0.2, 0.25) is 0 Å². The summed E-state index contributed by atoms with van der Waals surface area (Å²) < 4.78 is 0. The Morgan fingerprint density at radius 3 is 2.92 bits per heavy atom. The Morgan fingerprint density at radius 1 is 1.58 bits per heavy atom. The van der Waals surface area contributed by atoms with Crippen LogP contribution in [-0.2, 0) is 4.84 Å². The van der Waals surface area contributed by atoms with Gasteiger partial charge in [0.2, 0.25) is 0 Å². The van der Waals surface area contributed by atoms with Gasteiger partial charge in [-0.1, -0.05) is 5.16 Å². The Balaban J connectivity index is 1.85. The standard InChI is InChI=1S/C8H13NO3/c10-4-7(11)8-3-6(9-12-8)5-1-2-5/h5,7-8,10-11H,1-4H2. The molecule has 1 heterocycles. The molecule has 0 amide bonds. The molecule has 1 aliphatic carbocycles. The summed E-state index contributed by atoms with van der Waals surface area (Å²) in [5.74, 6) is 0.598. The number of nitrogens with zero attached hydrogens (tertiary/aromatic N) is 1. The van der Waals surface area contributed by atoms with Crippen molar-refractivity contribution < 1.29 is 15.1 Å². The monoisotopic (exact) mass is 171 g/mol. The summed E-state index contributed by atoms with van der Waals surface area (Å²) in [6, 6.07) is 0. The Hall–Kier alpha value is -0.610. The fourth-order valence-electron chi connectivity index (χ4n) is 1.40. The summed E-state index contributed by atoms with van der Waals surface area (Å²) in [5, 5.41) is 21.8. The fourth-order valence-corrected chi connectivity index (χ4v) is 1.40. The molecular formula is C8H13NO3. The predicted molar refractivity (Wildman–Crippen MR) is 42.7 cm³/mol. The van der Waals surface area contributed by atoms with Crippen LogP contribution in [0.15, 0.2) is 5.16 Å². The topological polar surface area (TPSA) is 62.0 Å². The second-order valence-electron chi connectivity index (χ2n) is 3.45. The molecule has 0 aromatic rings. The van der Waals surface area contributed by atoms with Crippen LogP contribution in [-0.4, -0.2) is 34.7 Å². The van der Waals surface area contributed by atoms with E-state index in [-0.39, 0.29) is 12.7 Å². The summed E-state index contributed by atoms with van der Waals surface area (Å²) in [6.07, 6.45) is 1.98. The zero-order chi connectivity index (χ0) is 8.55. The molecule has 2 unspecified atom stereocenters. The van der Waals surface area contributed by atoms with Crippen molar-refractivity contribution in [2.45, 2.75) is 31.5 Å². The third-order valence-corrected chi connectivity index (χ3v) is 2.38. The third kappa shape index (κ3) is 1.44. The van der Waals surface area contributed by atoms with E-state index in [1.807, 2.05) is 0 Å². The van der Waals surface area contributed by atoms with Crippen molar-refractivity contribution in [2.75, 3.05) is 6.61 Å². The zero-order valence-electron chi connectivity index (χ0n) is 6.81. The van der Waals surface area contributed by atoms with E-state index in [1.54, 1.807) is 0 Å². The van der Waals surface area contributed by atoms with Crippen LogP contribution >= 0.6 is 0 Å². The lowest BCUT2D eigenvalue weighted by Gasteiger charge is -2.12. The van der Waals surface area contributed by atoms with Crippen LogP contribution in [0.3, 0.4) is 0 Å². The van der Waals surface area contributed by atoms with E-state index in [0.717, 1.165) is 5.71 Å². The summed E-state index contributed by atoms with van der Waals surface area (Å²) >= 11 is 0. The Bertz CT molecular complexity index is 200. The first-order chi connectivity index (χ1) is 5.81. The molecule has 1 aliphatic heterocycles. The van der Waals surface area contributed by atoms with Gasteiger partial charge in [-0.05, 0) is 12.8 Å². The van der Waals surface area contributed by atoms with Gasteiger partial charge >= 0.3 is 0 Å². The van der Waals surface area contributed by atoms with Gasteiger partial charge in [0, 0.05) is 12.3 Å². The van der Waals surface area contributed by atoms with Crippen molar-refractivity contribution in [3.8, 4) is 0 Å². The molecule has 0 bridgehead atoms. The number of aliphatic hydroxyl groups excluding tert-OH is 2. The Kier molecular flexibility index (Phi) is 2.02. The lowest BCUT2D eigenvalue weighted by molar-refractivity contribution is -0.0407. The van der Waals surface area contributed by atoms with E-state index in [1.165, 1.54) is 12.8 Å². The van der Waals surface area contributed by atoms with Gasteiger partial charge in [-0.2, -0.15) is 0 Å². The molecular weight excluding hydrogens is 158 g/mol. The van der Waals surface area contributed by atoms with Crippen LogP contribution in [0.25, 0.3) is 0 Å². The van der Waals surface area contributed by atoms with E-state index in [0.29, 0.717) is 12.3 Å². The minimum Gasteiger partial charge on any atom is -0.394 e.